The Bertz CT molecular complexity index is 297. The van der Waals surface area contributed by atoms with E-state index in [1.165, 1.54) is 6.92 Å². The average Bonchev–Trinajstić information content (AvgIpc) is 2.06. The van der Waals surface area contributed by atoms with Gasteiger partial charge in [-0.3, -0.25) is 4.57 Å². The summed E-state index contributed by atoms with van der Waals surface area (Å²) in [4.78, 5) is 9.49. The summed E-state index contributed by atoms with van der Waals surface area (Å²) in [5.74, 6) is -0.708. The maximum absolute atomic E-state index is 11.5. The Labute approximate surface area is 71.7 Å². The summed E-state index contributed by atoms with van der Waals surface area (Å²) >= 11 is 0. The zero-order chi connectivity index (χ0) is 9.19. The van der Waals surface area contributed by atoms with Crippen LogP contribution < -0.4 is 11.0 Å². The standard InChI is InChI=1S/C8H12NO2P/c1-7(9)12(10,11)8-5-3-2-4-6-8/h2-7H,9H2,1H3,(H,10,11)/t7-/m1/s1. The highest BCUT2D eigenvalue weighted by Gasteiger charge is 2.25. The molecule has 0 aliphatic carbocycles. The summed E-state index contributed by atoms with van der Waals surface area (Å²) < 4.78 is 11.5. The minimum absolute atomic E-state index is 0.417. The minimum Gasteiger partial charge on any atom is -0.340 e. The van der Waals surface area contributed by atoms with Crippen LogP contribution in [0, 0.1) is 0 Å². The number of nitrogens with two attached hydrogens (primary N) is 1. The van der Waals surface area contributed by atoms with E-state index in [4.69, 9.17) is 5.73 Å². The van der Waals surface area contributed by atoms with Crippen LogP contribution in [0.4, 0.5) is 0 Å². The van der Waals surface area contributed by atoms with Crippen molar-refractivity contribution in [2.45, 2.75) is 12.7 Å². The van der Waals surface area contributed by atoms with Gasteiger partial charge >= 0.3 is 0 Å². The first-order valence-electron chi connectivity index (χ1n) is 3.69. The first kappa shape index (κ1) is 9.46. The second-order valence-electron chi connectivity index (χ2n) is 2.70. The molecule has 4 heteroatoms. The van der Waals surface area contributed by atoms with E-state index in [-0.39, 0.29) is 0 Å². The predicted octanol–water partition coefficient (Wildman–Crippen LogP) is 0.887. The Balaban J connectivity index is 3.07. The molecule has 0 amide bonds. The summed E-state index contributed by atoms with van der Waals surface area (Å²) in [5, 5.41) is 0.417. The van der Waals surface area contributed by atoms with Crippen LogP contribution in [0.15, 0.2) is 30.3 Å². The molecule has 0 bridgehead atoms. The number of hydrogen-bond donors (Lipinski definition) is 2. The molecule has 1 unspecified atom stereocenters. The normalized spacial score (nSPS) is 18.2. The Hall–Kier alpha value is -0.630. The van der Waals surface area contributed by atoms with E-state index in [1.807, 2.05) is 0 Å². The van der Waals surface area contributed by atoms with E-state index in [9.17, 15) is 9.46 Å². The van der Waals surface area contributed by atoms with Crippen LogP contribution in [-0.2, 0) is 4.57 Å². The van der Waals surface area contributed by atoms with Gasteiger partial charge in [-0.25, -0.2) is 0 Å². The van der Waals surface area contributed by atoms with Crippen LogP contribution in [0.3, 0.4) is 0 Å². The van der Waals surface area contributed by atoms with Gasteiger partial charge in [0.05, 0.1) is 5.78 Å². The molecular weight excluding hydrogens is 173 g/mol. The molecular formula is C8H12NO2P. The summed E-state index contributed by atoms with van der Waals surface area (Å²) in [7, 11) is -3.34. The van der Waals surface area contributed by atoms with Gasteiger partial charge in [-0.2, -0.15) is 0 Å². The molecule has 12 heavy (non-hydrogen) atoms. The van der Waals surface area contributed by atoms with Gasteiger partial charge in [0.2, 0.25) is 7.37 Å². The number of rotatable bonds is 2. The van der Waals surface area contributed by atoms with Gasteiger partial charge in [0.25, 0.3) is 0 Å². The van der Waals surface area contributed by atoms with Gasteiger partial charge in [-0.1, -0.05) is 18.2 Å². The molecule has 3 N–H and O–H groups in total. The predicted molar refractivity (Wildman–Crippen MR) is 49.6 cm³/mol. The molecule has 0 fully saturated rings. The highest BCUT2D eigenvalue weighted by Crippen LogP contribution is 2.41. The molecule has 0 spiro atoms. The van der Waals surface area contributed by atoms with Crippen molar-refractivity contribution in [1.29, 1.82) is 0 Å². The molecule has 66 valence electrons. The van der Waals surface area contributed by atoms with E-state index < -0.39 is 13.2 Å². The second kappa shape index (κ2) is 3.40. The quantitative estimate of drug-likeness (QED) is 0.672. The molecule has 1 rings (SSSR count). The third kappa shape index (κ3) is 1.75. The van der Waals surface area contributed by atoms with Gasteiger partial charge in [0.1, 0.15) is 0 Å². The smallest absolute Gasteiger partial charge is 0.245 e. The van der Waals surface area contributed by atoms with Crippen molar-refractivity contribution in [2.24, 2.45) is 5.73 Å². The van der Waals surface area contributed by atoms with Crippen LogP contribution in [0.1, 0.15) is 6.92 Å². The van der Waals surface area contributed by atoms with Crippen molar-refractivity contribution >= 4 is 12.7 Å². The Kier molecular flexibility index (Phi) is 2.68. The zero-order valence-corrected chi connectivity index (χ0v) is 7.74. The zero-order valence-electron chi connectivity index (χ0n) is 6.84. The third-order valence-electron chi connectivity index (χ3n) is 1.68. The molecule has 1 aromatic rings. The third-order valence-corrected chi connectivity index (χ3v) is 3.82. The van der Waals surface area contributed by atoms with Crippen molar-refractivity contribution < 1.29 is 9.46 Å². The van der Waals surface area contributed by atoms with Crippen molar-refractivity contribution in [1.82, 2.24) is 0 Å². The maximum Gasteiger partial charge on any atom is 0.245 e. The lowest BCUT2D eigenvalue weighted by Crippen LogP contribution is -2.22. The van der Waals surface area contributed by atoms with Gasteiger partial charge < -0.3 is 10.6 Å². The van der Waals surface area contributed by atoms with Gasteiger partial charge in [0.15, 0.2) is 0 Å². The molecule has 0 radical (unpaired) electrons. The lowest BCUT2D eigenvalue weighted by Gasteiger charge is -2.14. The molecule has 0 heterocycles. The average molecular weight is 185 g/mol. The Morgan fingerprint density at radius 1 is 1.42 bits per heavy atom. The lowest BCUT2D eigenvalue weighted by atomic mass is 10.4. The molecule has 0 aliphatic rings. The van der Waals surface area contributed by atoms with Crippen molar-refractivity contribution in [2.75, 3.05) is 0 Å². The summed E-state index contributed by atoms with van der Waals surface area (Å²) in [6.07, 6.45) is 0. The molecule has 0 aliphatic heterocycles. The fourth-order valence-electron chi connectivity index (χ4n) is 0.877. The highest BCUT2D eigenvalue weighted by atomic mass is 31.2. The topological polar surface area (TPSA) is 63.3 Å². The van der Waals surface area contributed by atoms with Crippen molar-refractivity contribution in [3.63, 3.8) is 0 Å². The summed E-state index contributed by atoms with van der Waals surface area (Å²) in [6.45, 7) is 1.54. The van der Waals surface area contributed by atoms with Gasteiger partial charge in [0, 0.05) is 5.30 Å². The second-order valence-corrected chi connectivity index (χ2v) is 5.28. The van der Waals surface area contributed by atoms with E-state index >= 15 is 0 Å². The monoisotopic (exact) mass is 185 g/mol. The largest absolute Gasteiger partial charge is 0.340 e. The highest BCUT2D eigenvalue weighted by molar-refractivity contribution is 7.66. The van der Waals surface area contributed by atoms with Crippen LogP contribution >= 0.6 is 7.37 Å². The molecule has 0 saturated carbocycles. The molecule has 1 aromatic carbocycles. The van der Waals surface area contributed by atoms with Gasteiger partial charge in [-0.05, 0) is 19.1 Å². The van der Waals surface area contributed by atoms with Crippen LogP contribution in [0.5, 0.6) is 0 Å². The first-order valence-corrected chi connectivity index (χ1v) is 5.41. The van der Waals surface area contributed by atoms with Crippen LogP contribution in [0.2, 0.25) is 0 Å². The molecule has 0 aromatic heterocycles. The van der Waals surface area contributed by atoms with Crippen LogP contribution in [-0.4, -0.2) is 10.7 Å². The fourth-order valence-corrected chi connectivity index (χ4v) is 1.95. The summed E-state index contributed by atoms with van der Waals surface area (Å²) in [5.41, 5.74) is 5.39. The van der Waals surface area contributed by atoms with Gasteiger partial charge in [-0.15, -0.1) is 0 Å². The number of hydrogen-bond acceptors (Lipinski definition) is 2. The van der Waals surface area contributed by atoms with E-state index in [0.717, 1.165) is 0 Å². The van der Waals surface area contributed by atoms with Crippen LogP contribution in [0.25, 0.3) is 0 Å². The maximum atomic E-state index is 11.5. The Morgan fingerprint density at radius 3 is 2.33 bits per heavy atom. The molecule has 3 nitrogen and oxygen atoms in total. The van der Waals surface area contributed by atoms with Crippen molar-refractivity contribution in [3.8, 4) is 0 Å². The molecule has 2 atom stereocenters. The SMILES string of the molecule is C[C@H](N)P(=O)(O)c1ccccc1. The molecule has 0 saturated heterocycles. The van der Waals surface area contributed by atoms with E-state index in [0.29, 0.717) is 5.30 Å². The first-order chi connectivity index (χ1) is 5.55. The Morgan fingerprint density at radius 2 is 1.92 bits per heavy atom. The summed E-state index contributed by atoms with van der Waals surface area (Å²) in [6, 6.07) is 8.47. The fraction of sp³-hybridized carbons (Fsp3) is 0.250. The van der Waals surface area contributed by atoms with E-state index in [2.05, 4.69) is 0 Å². The minimum atomic E-state index is -3.34. The lowest BCUT2D eigenvalue weighted by molar-refractivity contribution is 0.479. The van der Waals surface area contributed by atoms with E-state index in [1.54, 1.807) is 30.3 Å². The van der Waals surface area contributed by atoms with Crippen molar-refractivity contribution in [3.05, 3.63) is 30.3 Å². The number of benzene rings is 1.